The van der Waals surface area contributed by atoms with Gasteiger partial charge >= 0.3 is 5.97 Å². The molecule has 1 heterocycles. The van der Waals surface area contributed by atoms with Crippen molar-refractivity contribution in [1.82, 2.24) is 4.90 Å². The van der Waals surface area contributed by atoms with Gasteiger partial charge in [0.2, 0.25) is 0 Å². The second kappa shape index (κ2) is 9.38. The second-order valence-corrected chi connectivity index (χ2v) is 6.21. The Labute approximate surface area is 125 Å². The number of rotatable bonds is 9. The Bertz CT molecular complexity index is 270. The minimum atomic E-state index is -0.162. The van der Waals surface area contributed by atoms with E-state index in [9.17, 15) is 4.79 Å². The molecule has 0 unspecified atom stereocenters. The van der Waals surface area contributed by atoms with Gasteiger partial charge in [-0.25, -0.2) is 0 Å². The number of esters is 1. The SMILES string of the molecule is CCCCN1CCC(CCCC)(OC(=O)CCC)CC1. The summed E-state index contributed by atoms with van der Waals surface area (Å²) in [4.78, 5) is 14.4. The number of carbonyl (C=O) groups is 1. The van der Waals surface area contributed by atoms with Crippen LogP contribution in [0, 0.1) is 0 Å². The molecule has 0 spiro atoms. The fourth-order valence-corrected chi connectivity index (χ4v) is 2.96. The fraction of sp³-hybridized carbons (Fsp3) is 0.941. The molecule has 0 aromatic rings. The summed E-state index contributed by atoms with van der Waals surface area (Å²) in [6.45, 7) is 9.85. The van der Waals surface area contributed by atoms with Crippen LogP contribution in [-0.4, -0.2) is 36.1 Å². The Kier molecular flexibility index (Phi) is 8.20. The maximum atomic E-state index is 11.9. The molecule has 0 aromatic carbocycles. The van der Waals surface area contributed by atoms with E-state index in [0.29, 0.717) is 6.42 Å². The van der Waals surface area contributed by atoms with Crippen LogP contribution < -0.4 is 0 Å². The topological polar surface area (TPSA) is 29.5 Å². The molecule has 0 aliphatic carbocycles. The zero-order valence-electron chi connectivity index (χ0n) is 13.7. The number of likely N-dealkylation sites (tertiary alicyclic amines) is 1. The normalized spacial score (nSPS) is 18.9. The van der Waals surface area contributed by atoms with E-state index in [0.717, 1.165) is 45.2 Å². The molecule has 0 N–H and O–H groups in total. The molecule has 0 bridgehead atoms. The van der Waals surface area contributed by atoms with Gasteiger partial charge < -0.3 is 9.64 Å². The predicted molar refractivity (Wildman–Crippen MR) is 83.8 cm³/mol. The van der Waals surface area contributed by atoms with Gasteiger partial charge in [0.15, 0.2) is 0 Å². The van der Waals surface area contributed by atoms with Crippen molar-refractivity contribution in [2.24, 2.45) is 0 Å². The van der Waals surface area contributed by atoms with Gasteiger partial charge in [-0.05, 0) is 45.1 Å². The highest BCUT2D eigenvalue weighted by Gasteiger charge is 2.37. The molecule has 1 saturated heterocycles. The smallest absolute Gasteiger partial charge is 0.306 e. The third kappa shape index (κ3) is 5.82. The third-order valence-corrected chi connectivity index (χ3v) is 4.37. The molecule has 1 aliphatic rings. The lowest BCUT2D eigenvalue weighted by atomic mass is 9.86. The van der Waals surface area contributed by atoms with Gasteiger partial charge in [0, 0.05) is 19.5 Å². The molecule has 3 heteroatoms. The number of hydrogen-bond acceptors (Lipinski definition) is 3. The molecule has 1 fully saturated rings. The van der Waals surface area contributed by atoms with E-state index in [2.05, 4.69) is 18.7 Å². The molecule has 118 valence electrons. The minimum absolute atomic E-state index is 0.00520. The Morgan fingerprint density at radius 3 is 2.25 bits per heavy atom. The van der Waals surface area contributed by atoms with Crippen LogP contribution in [0.1, 0.15) is 78.6 Å². The van der Waals surface area contributed by atoms with Crippen molar-refractivity contribution in [2.75, 3.05) is 19.6 Å². The van der Waals surface area contributed by atoms with Crippen molar-refractivity contribution in [1.29, 1.82) is 0 Å². The molecule has 0 saturated carbocycles. The number of unbranched alkanes of at least 4 members (excludes halogenated alkanes) is 2. The lowest BCUT2D eigenvalue weighted by molar-refractivity contribution is -0.166. The number of hydrogen-bond donors (Lipinski definition) is 0. The van der Waals surface area contributed by atoms with Crippen molar-refractivity contribution in [3.05, 3.63) is 0 Å². The lowest BCUT2D eigenvalue weighted by Crippen LogP contribution is -2.47. The van der Waals surface area contributed by atoms with Crippen LogP contribution in [0.2, 0.25) is 0 Å². The Hall–Kier alpha value is -0.570. The summed E-state index contributed by atoms with van der Waals surface area (Å²) < 4.78 is 5.91. The van der Waals surface area contributed by atoms with Gasteiger partial charge in [0.1, 0.15) is 5.60 Å². The standard InChI is InChI=1S/C17H33NO2/c1-4-7-10-17(20-16(19)9-6-3)11-14-18(15-12-17)13-8-5-2/h4-15H2,1-3H3. The molecule has 0 radical (unpaired) electrons. The van der Waals surface area contributed by atoms with E-state index in [1.165, 1.54) is 25.8 Å². The summed E-state index contributed by atoms with van der Waals surface area (Å²) in [6, 6.07) is 0. The van der Waals surface area contributed by atoms with Gasteiger partial charge in [-0.2, -0.15) is 0 Å². The maximum Gasteiger partial charge on any atom is 0.306 e. The Morgan fingerprint density at radius 2 is 1.70 bits per heavy atom. The first-order valence-corrected chi connectivity index (χ1v) is 8.60. The molecular weight excluding hydrogens is 250 g/mol. The highest BCUT2D eigenvalue weighted by Crippen LogP contribution is 2.32. The molecule has 1 aliphatic heterocycles. The van der Waals surface area contributed by atoms with Gasteiger partial charge in [-0.15, -0.1) is 0 Å². The van der Waals surface area contributed by atoms with Crippen molar-refractivity contribution in [3.63, 3.8) is 0 Å². The van der Waals surface area contributed by atoms with E-state index < -0.39 is 0 Å². The largest absolute Gasteiger partial charge is 0.459 e. The Morgan fingerprint density at radius 1 is 1.05 bits per heavy atom. The van der Waals surface area contributed by atoms with E-state index in [1.807, 2.05) is 6.92 Å². The lowest BCUT2D eigenvalue weighted by Gasteiger charge is -2.41. The summed E-state index contributed by atoms with van der Waals surface area (Å²) in [5, 5.41) is 0. The van der Waals surface area contributed by atoms with Gasteiger partial charge in [-0.3, -0.25) is 4.79 Å². The minimum Gasteiger partial charge on any atom is -0.459 e. The Balaban J connectivity index is 2.51. The third-order valence-electron chi connectivity index (χ3n) is 4.37. The highest BCUT2D eigenvalue weighted by atomic mass is 16.6. The van der Waals surface area contributed by atoms with E-state index in [1.54, 1.807) is 0 Å². The van der Waals surface area contributed by atoms with Crippen LogP contribution in [0.5, 0.6) is 0 Å². The summed E-state index contributed by atoms with van der Waals surface area (Å²) in [5.74, 6) is 0.00520. The van der Waals surface area contributed by atoms with Gasteiger partial charge in [0.25, 0.3) is 0 Å². The number of piperidine rings is 1. The summed E-state index contributed by atoms with van der Waals surface area (Å²) in [5.41, 5.74) is -0.162. The van der Waals surface area contributed by atoms with Crippen LogP contribution in [0.15, 0.2) is 0 Å². The van der Waals surface area contributed by atoms with Crippen molar-refractivity contribution in [2.45, 2.75) is 84.2 Å². The van der Waals surface area contributed by atoms with Gasteiger partial charge in [0.05, 0.1) is 0 Å². The zero-order valence-corrected chi connectivity index (χ0v) is 13.7. The molecule has 0 amide bonds. The molecular formula is C17H33NO2. The molecule has 3 nitrogen and oxygen atoms in total. The van der Waals surface area contributed by atoms with Crippen LogP contribution >= 0.6 is 0 Å². The number of ether oxygens (including phenoxy) is 1. The van der Waals surface area contributed by atoms with Crippen molar-refractivity contribution >= 4 is 5.97 Å². The predicted octanol–water partition coefficient (Wildman–Crippen LogP) is 4.15. The van der Waals surface area contributed by atoms with Crippen LogP contribution in [0.25, 0.3) is 0 Å². The first kappa shape index (κ1) is 17.5. The zero-order chi connectivity index (χ0) is 14.8. The van der Waals surface area contributed by atoms with E-state index >= 15 is 0 Å². The maximum absolute atomic E-state index is 11.9. The molecule has 0 atom stereocenters. The first-order valence-electron chi connectivity index (χ1n) is 8.60. The van der Waals surface area contributed by atoms with Crippen LogP contribution in [-0.2, 0) is 9.53 Å². The molecule has 20 heavy (non-hydrogen) atoms. The van der Waals surface area contributed by atoms with Crippen LogP contribution in [0.4, 0.5) is 0 Å². The van der Waals surface area contributed by atoms with E-state index in [4.69, 9.17) is 4.74 Å². The van der Waals surface area contributed by atoms with Crippen LogP contribution in [0.3, 0.4) is 0 Å². The summed E-state index contributed by atoms with van der Waals surface area (Å²) in [6.07, 6.45) is 9.39. The fourth-order valence-electron chi connectivity index (χ4n) is 2.96. The highest BCUT2D eigenvalue weighted by molar-refractivity contribution is 5.69. The average Bonchev–Trinajstić information content (AvgIpc) is 2.45. The quantitative estimate of drug-likeness (QED) is 0.595. The van der Waals surface area contributed by atoms with E-state index in [-0.39, 0.29) is 11.6 Å². The summed E-state index contributed by atoms with van der Waals surface area (Å²) >= 11 is 0. The van der Waals surface area contributed by atoms with Crippen molar-refractivity contribution < 1.29 is 9.53 Å². The molecule has 0 aromatic heterocycles. The van der Waals surface area contributed by atoms with Gasteiger partial charge in [-0.1, -0.05) is 33.6 Å². The van der Waals surface area contributed by atoms with Crippen molar-refractivity contribution in [3.8, 4) is 0 Å². The first-order chi connectivity index (χ1) is 9.65. The summed E-state index contributed by atoms with van der Waals surface area (Å²) in [7, 11) is 0. The second-order valence-electron chi connectivity index (χ2n) is 6.21. The monoisotopic (exact) mass is 283 g/mol. The average molecular weight is 283 g/mol. The molecule has 1 rings (SSSR count). The number of nitrogens with zero attached hydrogens (tertiary/aromatic N) is 1. The number of carbonyl (C=O) groups excluding carboxylic acids is 1.